The van der Waals surface area contributed by atoms with Crippen molar-refractivity contribution in [1.82, 2.24) is 14.9 Å². The van der Waals surface area contributed by atoms with E-state index >= 15 is 0 Å². The predicted octanol–water partition coefficient (Wildman–Crippen LogP) is 3.05. The van der Waals surface area contributed by atoms with Crippen molar-refractivity contribution in [2.24, 2.45) is 0 Å². The first kappa shape index (κ1) is 17.3. The molecule has 0 bridgehead atoms. The maximum absolute atomic E-state index is 12.8. The lowest BCUT2D eigenvalue weighted by molar-refractivity contribution is 0.0776. The fourth-order valence-electron chi connectivity index (χ4n) is 3.70. The summed E-state index contributed by atoms with van der Waals surface area (Å²) in [4.78, 5) is 26.6. The van der Waals surface area contributed by atoms with Gasteiger partial charge in [0.1, 0.15) is 11.0 Å². The van der Waals surface area contributed by atoms with E-state index in [2.05, 4.69) is 14.9 Å². The lowest BCUT2D eigenvalue weighted by atomic mass is 10.3. The highest BCUT2D eigenvalue weighted by Gasteiger charge is 2.31. The number of pyridine rings is 1. The third kappa shape index (κ3) is 3.40. The van der Waals surface area contributed by atoms with Gasteiger partial charge in [0.15, 0.2) is 11.6 Å². The Morgan fingerprint density at radius 3 is 2.81 bits per heavy atom. The standard InChI is InChI=1S/C19H24N4O2S/c1-13-17(26-14(2)21-13)19(24)23-11-7-15(12-23)25-16-6-5-8-20-18(16)22-9-3-4-10-22/h5-6,8,15H,3-4,7,9-12H2,1-2H3. The largest absolute Gasteiger partial charge is 0.485 e. The van der Waals surface area contributed by atoms with Crippen LogP contribution in [0.1, 0.15) is 39.6 Å². The molecule has 0 saturated carbocycles. The molecule has 0 N–H and O–H groups in total. The third-order valence-corrected chi connectivity index (χ3v) is 6.04. The van der Waals surface area contributed by atoms with Crippen LogP contribution < -0.4 is 9.64 Å². The van der Waals surface area contributed by atoms with Gasteiger partial charge in [-0.25, -0.2) is 9.97 Å². The van der Waals surface area contributed by atoms with Crippen molar-refractivity contribution in [3.63, 3.8) is 0 Å². The highest BCUT2D eigenvalue weighted by molar-refractivity contribution is 7.13. The number of hydrogen-bond acceptors (Lipinski definition) is 6. The van der Waals surface area contributed by atoms with Gasteiger partial charge in [0, 0.05) is 32.3 Å². The van der Waals surface area contributed by atoms with Gasteiger partial charge in [-0.1, -0.05) is 0 Å². The van der Waals surface area contributed by atoms with Gasteiger partial charge in [0.2, 0.25) is 0 Å². The molecule has 0 aromatic carbocycles. The molecule has 0 aliphatic carbocycles. The Morgan fingerprint density at radius 1 is 1.27 bits per heavy atom. The second kappa shape index (κ2) is 7.23. The molecule has 2 aromatic heterocycles. The average molecular weight is 372 g/mol. The van der Waals surface area contributed by atoms with E-state index in [-0.39, 0.29) is 12.0 Å². The van der Waals surface area contributed by atoms with Gasteiger partial charge >= 0.3 is 0 Å². The minimum Gasteiger partial charge on any atom is -0.485 e. The molecule has 6 nitrogen and oxygen atoms in total. The lowest BCUT2D eigenvalue weighted by Crippen LogP contribution is -2.31. The molecule has 1 atom stereocenters. The summed E-state index contributed by atoms with van der Waals surface area (Å²) in [5, 5.41) is 0.934. The van der Waals surface area contributed by atoms with Crippen molar-refractivity contribution in [2.45, 2.75) is 39.2 Å². The molecule has 0 radical (unpaired) electrons. The third-order valence-electron chi connectivity index (χ3n) is 4.98. The number of amides is 1. The van der Waals surface area contributed by atoms with Crippen molar-refractivity contribution in [2.75, 3.05) is 31.1 Å². The molecule has 2 aliphatic rings. The van der Waals surface area contributed by atoms with Gasteiger partial charge in [-0.2, -0.15) is 0 Å². The van der Waals surface area contributed by atoms with E-state index in [0.717, 1.165) is 53.2 Å². The topological polar surface area (TPSA) is 58.6 Å². The van der Waals surface area contributed by atoms with Gasteiger partial charge in [0.05, 0.1) is 17.2 Å². The summed E-state index contributed by atoms with van der Waals surface area (Å²) in [7, 11) is 0. The van der Waals surface area contributed by atoms with Gasteiger partial charge in [-0.05, 0) is 38.8 Å². The molecule has 2 aliphatic heterocycles. The molecule has 2 aromatic rings. The van der Waals surface area contributed by atoms with Crippen LogP contribution in [0.2, 0.25) is 0 Å². The molecule has 2 fully saturated rings. The Hall–Kier alpha value is -2.15. The normalized spacial score (nSPS) is 20.0. The van der Waals surface area contributed by atoms with E-state index in [1.54, 1.807) is 0 Å². The number of likely N-dealkylation sites (tertiary alicyclic amines) is 1. The summed E-state index contributed by atoms with van der Waals surface area (Å²) in [5.74, 6) is 1.84. The first-order valence-electron chi connectivity index (χ1n) is 9.22. The molecule has 0 spiro atoms. The number of ether oxygens (including phenoxy) is 1. The minimum absolute atomic E-state index is 0.0128. The Balaban J connectivity index is 1.43. The molecule has 4 heterocycles. The SMILES string of the molecule is Cc1nc(C)c(C(=O)N2CCC(Oc3cccnc3N3CCCC3)C2)s1. The van der Waals surface area contributed by atoms with E-state index < -0.39 is 0 Å². The summed E-state index contributed by atoms with van der Waals surface area (Å²) in [5.41, 5.74) is 0.824. The van der Waals surface area contributed by atoms with E-state index in [1.807, 2.05) is 37.1 Å². The summed E-state index contributed by atoms with van der Waals surface area (Å²) in [6, 6.07) is 3.90. The van der Waals surface area contributed by atoms with E-state index in [4.69, 9.17) is 4.74 Å². The molecule has 138 valence electrons. The maximum atomic E-state index is 12.8. The Labute approximate surface area is 157 Å². The number of thiazole rings is 1. The number of nitrogens with zero attached hydrogens (tertiary/aromatic N) is 4. The van der Waals surface area contributed by atoms with Gasteiger partial charge in [-0.15, -0.1) is 11.3 Å². The Bertz CT molecular complexity index is 801. The first-order valence-corrected chi connectivity index (χ1v) is 10.0. The molecule has 2 saturated heterocycles. The number of carbonyl (C=O) groups is 1. The fraction of sp³-hybridized carbons (Fsp3) is 0.526. The Kier molecular flexibility index (Phi) is 4.80. The van der Waals surface area contributed by atoms with Crippen molar-refractivity contribution in [3.8, 4) is 5.75 Å². The molecular formula is C19H24N4O2S. The van der Waals surface area contributed by atoms with Crippen LogP contribution >= 0.6 is 11.3 Å². The van der Waals surface area contributed by atoms with Crippen molar-refractivity contribution in [1.29, 1.82) is 0 Å². The molecule has 7 heteroatoms. The first-order chi connectivity index (χ1) is 12.6. The van der Waals surface area contributed by atoms with Crippen LogP contribution in [0.5, 0.6) is 5.75 Å². The smallest absolute Gasteiger partial charge is 0.265 e. The quantitative estimate of drug-likeness (QED) is 0.826. The van der Waals surface area contributed by atoms with E-state index in [9.17, 15) is 4.79 Å². The zero-order valence-corrected chi connectivity index (χ0v) is 16.1. The number of anilines is 1. The number of hydrogen-bond donors (Lipinski definition) is 0. The summed E-state index contributed by atoms with van der Waals surface area (Å²) in [6.45, 7) is 7.24. The van der Waals surface area contributed by atoms with Crippen LogP contribution in [-0.2, 0) is 0 Å². The van der Waals surface area contributed by atoms with E-state index in [1.165, 1.54) is 24.2 Å². The molecule has 4 rings (SSSR count). The van der Waals surface area contributed by atoms with Crippen LogP contribution in [0, 0.1) is 13.8 Å². The van der Waals surface area contributed by atoms with Crippen molar-refractivity contribution in [3.05, 3.63) is 33.9 Å². The minimum atomic E-state index is 0.0128. The predicted molar refractivity (Wildman–Crippen MR) is 102 cm³/mol. The van der Waals surface area contributed by atoms with Crippen molar-refractivity contribution >= 4 is 23.1 Å². The monoisotopic (exact) mass is 372 g/mol. The van der Waals surface area contributed by atoms with Gasteiger partial charge in [-0.3, -0.25) is 4.79 Å². The van der Waals surface area contributed by atoms with Gasteiger partial charge < -0.3 is 14.5 Å². The van der Waals surface area contributed by atoms with Crippen LogP contribution in [0.15, 0.2) is 18.3 Å². The second-order valence-corrected chi connectivity index (χ2v) is 8.15. The fourth-order valence-corrected chi connectivity index (χ4v) is 4.59. The van der Waals surface area contributed by atoms with E-state index in [0.29, 0.717) is 6.54 Å². The molecular weight excluding hydrogens is 348 g/mol. The van der Waals surface area contributed by atoms with Crippen molar-refractivity contribution < 1.29 is 9.53 Å². The van der Waals surface area contributed by atoms with Gasteiger partial charge in [0.25, 0.3) is 5.91 Å². The number of carbonyl (C=O) groups excluding carboxylic acids is 1. The zero-order valence-electron chi connectivity index (χ0n) is 15.3. The average Bonchev–Trinajstić information content (AvgIpc) is 3.36. The maximum Gasteiger partial charge on any atom is 0.265 e. The highest BCUT2D eigenvalue weighted by Crippen LogP contribution is 2.31. The number of rotatable bonds is 4. The van der Waals surface area contributed by atoms with Crippen LogP contribution in [0.4, 0.5) is 5.82 Å². The highest BCUT2D eigenvalue weighted by atomic mass is 32.1. The zero-order chi connectivity index (χ0) is 18.1. The summed E-state index contributed by atoms with van der Waals surface area (Å²) >= 11 is 1.47. The van der Waals surface area contributed by atoms with Crippen LogP contribution in [0.25, 0.3) is 0 Å². The number of aromatic nitrogens is 2. The summed E-state index contributed by atoms with van der Waals surface area (Å²) in [6.07, 6.45) is 5.08. The van der Waals surface area contributed by atoms with Crippen LogP contribution in [0.3, 0.4) is 0 Å². The second-order valence-electron chi connectivity index (χ2n) is 6.95. The molecule has 1 amide bonds. The summed E-state index contributed by atoms with van der Waals surface area (Å²) < 4.78 is 6.26. The van der Waals surface area contributed by atoms with Crippen LogP contribution in [-0.4, -0.2) is 53.1 Å². The lowest BCUT2D eigenvalue weighted by Gasteiger charge is -2.22. The number of aryl methyl sites for hydroxylation is 2. The Morgan fingerprint density at radius 2 is 2.08 bits per heavy atom. The molecule has 1 unspecified atom stereocenters. The molecule has 26 heavy (non-hydrogen) atoms.